The van der Waals surface area contributed by atoms with E-state index in [1.54, 1.807) is 25.1 Å². The Labute approximate surface area is 196 Å². The standard InChI is InChI=1S/C22H17Cl2N3O4S/c1-11-12(2)32-21-19(11)20(30)27(15-5-3-4-13(23)8-15)22(31)26(21)10-18(29)25-16-9-14(24)6-7-17(16)28/h3-9,28H,10H2,1-2H3,(H,25,29). The third kappa shape index (κ3) is 3.92. The Hall–Kier alpha value is -3.07. The topological polar surface area (TPSA) is 93.3 Å². The normalized spacial score (nSPS) is 11.1. The van der Waals surface area contributed by atoms with E-state index in [0.29, 0.717) is 25.9 Å². The van der Waals surface area contributed by atoms with E-state index in [4.69, 9.17) is 23.2 Å². The molecule has 32 heavy (non-hydrogen) atoms. The Balaban J connectivity index is 1.88. The molecule has 4 rings (SSSR count). The van der Waals surface area contributed by atoms with Crippen LogP contribution in [0.15, 0.2) is 52.1 Å². The van der Waals surface area contributed by atoms with Gasteiger partial charge in [0, 0.05) is 14.9 Å². The van der Waals surface area contributed by atoms with Gasteiger partial charge in [-0.05, 0) is 55.8 Å². The molecule has 0 fully saturated rings. The molecule has 0 atom stereocenters. The summed E-state index contributed by atoms with van der Waals surface area (Å²) in [6.07, 6.45) is 0. The fraction of sp³-hybridized carbons (Fsp3) is 0.136. The molecule has 2 aromatic heterocycles. The van der Waals surface area contributed by atoms with Crippen molar-refractivity contribution in [2.75, 3.05) is 5.32 Å². The summed E-state index contributed by atoms with van der Waals surface area (Å²) < 4.78 is 2.26. The van der Waals surface area contributed by atoms with Crippen molar-refractivity contribution < 1.29 is 9.90 Å². The van der Waals surface area contributed by atoms with Crippen molar-refractivity contribution >= 4 is 56.3 Å². The molecule has 164 valence electrons. The number of nitrogens with zero attached hydrogens (tertiary/aromatic N) is 2. The van der Waals surface area contributed by atoms with Crippen LogP contribution in [0.3, 0.4) is 0 Å². The molecule has 10 heteroatoms. The Morgan fingerprint density at radius 2 is 1.81 bits per heavy atom. The minimum atomic E-state index is -0.670. The second-order valence-electron chi connectivity index (χ2n) is 7.16. The molecule has 0 saturated carbocycles. The van der Waals surface area contributed by atoms with Crippen molar-refractivity contribution in [1.82, 2.24) is 9.13 Å². The lowest BCUT2D eigenvalue weighted by atomic mass is 10.2. The van der Waals surface area contributed by atoms with Crippen LogP contribution in [0.5, 0.6) is 5.75 Å². The Kier molecular flexibility index (Phi) is 5.85. The van der Waals surface area contributed by atoms with Gasteiger partial charge in [-0.2, -0.15) is 0 Å². The van der Waals surface area contributed by atoms with Gasteiger partial charge in [-0.1, -0.05) is 29.3 Å². The number of aryl methyl sites for hydroxylation is 2. The number of anilines is 1. The number of amides is 1. The van der Waals surface area contributed by atoms with Crippen LogP contribution >= 0.6 is 34.5 Å². The quantitative estimate of drug-likeness (QED) is 0.413. The minimum Gasteiger partial charge on any atom is -0.506 e. The zero-order valence-corrected chi connectivity index (χ0v) is 19.3. The average molecular weight is 490 g/mol. The van der Waals surface area contributed by atoms with Crippen molar-refractivity contribution in [3.63, 3.8) is 0 Å². The first-order valence-corrected chi connectivity index (χ1v) is 11.0. The van der Waals surface area contributed by atoms with Gasteiger partial charge in [-0.3, -0.25) is 14.2 Å². The molecule has 1 amide bonds. The van der Waals surface area contributed by atoms with Crippen molar-refractivity contribution in [3.05, 3.63) is 83.8 Å². The number of benzene rings is 2. The third-order valence-electron chi connectivity index (χ3n) is 5.05. The van der Waals surface area contributed by atoms with Crippen LogP contribution in [-0.4, -0.2) is 20.1 Å². The van der Waals surface area contributed by atoms with Gasteiger partial charge in [0.15, 0.2) is 0 Å². The summed E-state index contributed by atoms with van der Waals surface area (Å²) in [7, 11) is 0. The fourth-order valence-corrected chi connectivity index (χ4v) is 4.88. The van der Waals surface area contributed by atoms with Gasteiger partial charge in [0.1, 0.15) is 17.1 Å². The van der Waals surface area contributed by atoms with Gasteiger partial charge < -0.3 is 10.4 Å². The molecule has 2 aromatic carbocycles. The highest BCUT2D eigenvalue weighted by Gasteiger charge is 2.21. The monoisotopic (exact) mass is 489 g/mol. The SMILES string of the molecule is Cc1sc2c(c1C)c(=O)n(-c1cccc(Cl)c1)c(=O)n2CC(=O)Nc1cc(Cl)ccc1O. The first-order valence-electron chi connectivity index (χ1n) is 9.47. The van der Waals surface area contributed by atoms with Gasteiger partial charge in [0.2, 0.25) is 5.91 Å². The summed E-state index contributed by atoms with van der Waals surface area (Å²) in [5.74, 6) is -0.724. The number of carbonyl (C=O) groups excluding carboxylic acids is 1. The number of rotatable bonds is 4. The van der Waals surface area contributed by atoms with Gasteiger partial charge in [0.25, 0.3) is 5.56 Å². The largest absolute Gasteiger partial charge is 0.506 e. The highest BCUT2D eigenvalue weighted by Crippen LogP contribution is 2.28. The van der Waals surface area contributed by atoms with E-state index >= 15 is 0 Å². The highest BCUT2D eigenvalue weighted by atomic mass is 35.5. The predicted octanol–water partition coefficient (Wildman–Crippen LogP) is 4.48. The predicted molar refractivity (Wildman–Crippen MR) is 128 cm³/mol. The van der Waals surface area contributed by atoms with Gasteiger partial charge in [-0.25, -0.2) is 9.36 Å². The summed E-state index contributed by atoms with van der Waals surface area (Å²) in [6.45, 7) is 3.28. The van der Waals surface area contributed by atoms with Gasteiger partial charge in [-0.15, -0.1) is 11.3 Å². The van der Waals surface area contributed by atoms with Crippen LogP contribution in [0.2, 0.25) is 10.0 Å². The van der Waals surface area contributed by atoms with Crippen molar-refractivity contribution in [2.24, 2.45) is 0 Å². The molecule has 2 heterocycles. The zero-order chi connectivity index (χ0) is 23.2. The summed E-state index contributed by atoms with van der Waals surface area (Å²) in [4.78, 5) is 40.7. The number of fused-ring (bicyclic) bond motifs is 1. The van der Waals surface area contributed by atoms with Gasteiger partial charge in [0.05, 0.1) is 16.8 Å². The smallest absolute Gasteiger partial charge is 0.337 e. The molecule has 2 N–H and O–H groups in total. The molecule has 0 radical (unpaired) electrons. The molecular weight excluding hydrogens is 473 g/mol. The number of halogens is 2. The Bertz CT molecular complexity index is 1500. The molecule has 0 unspecified atom stereocenters. The minimum absolute atomic E-state index is 0.119. The lowest BCUT2D eigenvalue weighted by Gasteiger charge is -2.13. The summed E-state index contributed by atoms with van der Waals surface area (Å²) in [6, 6.07) is 10.6. The van der Waals surface area contributed by atoms with Crippen LogP contribution in [0.4, 0.5) is 5.69 Å². The van der Waals surface area contributed by atoms with E-state index < -0.39 is 17.2 Å². The molecule has 0 aliphatic carbocycles. The van der Waals surface area contributed by atoms with Crippen molar-refractivity contribution in [1.29, 1.82) is 0 Å². The first-order chi connectivity index (χ1) is 15.2. The maximum atomic E-state index is 13.4. The van der Waals surface area contributed by atoms with Crippen LogP contribution in [0.25, 0.3) is 15.9 Å². The fourth-order valence-electron chi connectivity index (χ4n) is 3.38. The van der Waals surface area contributed by atoms with Crippen LogP contribution < -0.4 is 16.6 Å². The number of thiophene rings is 1. The molecule has 0 aliphatic rings. The first kappa shape index (κ1) is 22.1. The van der Waals surface area contributed by atoms with E-state index in [1.165, 1.54) is 40.2 Å². The number of nitrogens with one attached hydrogen (secondary N) is 1. The number of carbonyl (C=O) groups is 1. The number of aromatic hydroxyl groups is 1. The third-order valence-corrected chi connectivity index (χ3v) is 6.75. The number of aromatic nitrogens is 2. The van der Waals surface area contributed by atoms with E-state index in [0.717, 1.165) is 15.0 Å². The van der Waals surface area contributed by atoms with Crippen molar-refractivity contribution in [3.8, 4) is 11.4 Å². The number of phenols is 1. The highest BCUT2D eigenvalue weighted by molar-refractivity contribution is 7.18. The maximum Gasteiger partial charge on any atom is 0.337 e. The molecule has 0 spiro atoms. The molecular formula is C22H17Cl2N3O4S. The molecule has 0 saturated heterocycles. The summed E-state index contributed by atoms with van der Waals surface area (Å²) in [5, 5.41) is 13.6. The van der Waals surface area contributed by atoms with Crippen LogP contribution in [0, 0.1) is 13.8 Å². The van der Waals surface area contributed by atoms with Crippen LogP contribution in [0.1, 0.15) is 10.4 Å². The van der Waals surface area contributed by atoms with E-state index in [-0.39, 0.29) is 18.0 Å². The average Bonchev–Trinajstić information content (AvgIpc) is 3.03. The molecule has 7 nitrogen and oxygen atoms in total. The Morgan fingerprint density at radius 1 is 1.09 bits per heavy atom. The van der Waals surface area contributed by atoms with Crippen molar-refractivity contribution in [2.45, 2.75) is 20.4 Å². The second-order valence-corrected chi connectivity index (χ2v) is 9.24. The molecule has 0 aliphatic heterocycles. The number of phenolic OH excluding ortho intramolecular Hbond substituents is 1. The summed E-state index contributed by atoms with van der Waals surface area (Å²) in [5.41, 5.74) is 0.0231. The number of hydrogen-bond donors (Lipinski definition) is 2. The molecule has 4 aromatic rings. The zero-order valence-electron chi connectivity index (χ0n) is 17.0. The van der Waals surface area contributed by atoms with E-state index in [2.05, 4.69) is 5.32 Å². The van der Waals surface area contributed by atoms with Crippen LogP contribution in [-0.2, 0) is 11.3 Å². The second kappa shape index (κ2) is 8.46. The van der Waals surface area contributed by atoms with Gasteiger partial charge >= 0.3 is 5.69 Å². The number of hydrogen-bond acceptors (Lipinski definition) is 5. The Morgan fingerprint density at radius 3 is 2.53 bits per heavy atom. The lowest BCUT2D eigenvalue weighted by molar-refractivity contribution is -0.116. The maximum absolute atomic E-state index is 13.4. The van der Waals surface area contributed by atoms with E-state index in [9.17, 15) is 19.5 Å². The molecule has 0 bridgehead atoms. The summed E-state index contributed by atoms with van der Waals surface area (Å²) >= 11 is 13.3. The van der Waals surface area contributed by atoms with E-state index in [1.807, 2.05) is 6.92 Å². The lowest BCUT2D eigenvalue weighted by Crippen LogP contribution is -2.40.